The molecule has 5 rings (SSSR count). The first kappa shape index (κ1) is 43.4. The molecule has 8 heteroatoms. The molecule has 2 heterocycles. The Labute approximate surface area is 332 Å². The topological polar surface area (TPSA) is 153 Å². The molecule has 3 aliphatic rings. The quantitative estimate of drug-likeness (QED) is 0.0487. The molecule has 10 unspecified atom stereocenters. The summed E-state index contributed by atoms with van der Waals surface area (Å²) in [6.45, 7) is 6.97. The van der Waals surface area contributed by atoms with Gasteiger partial charge < -0.3 is 31.1 Å². The number of carboxylic acid groups (broad SMARTS) is 1. The maximum atomic E-state index is 12.4. The Kier molecular flexibility index (Phi) is 16.7. The highest BCUT2D eigenvalue weighted by molar-refractivity contribution is 5.70. The number of aromatic nitrogens is 2. The predicted octanol–water partition coefficient (Wildman–Crippen LogP) is 9.78. The van der Waals surface area contributed by atoms with Gasteiger partial charge in [-0.1, -0.05) is 97.1 Å². The van der Waals surface area contributed by atoms with Gasteiger partial charge in [-0.2, -0.15) is 0 Å². The number of carbonyl (C=O) groups is 1. The standard InChI is InChI=1S/C47H75N3O5/c1-4-5-7-12-34-17-18-38(44(52)26-34)15-8-6-9-16-42(46(53)54)43(51)19-21-47(55)30-36(24-35-20-22-49-45(48)27-35)25-40(47)29-41-28-39(31-50-41)33(3)23-32(2)37-13-10-11-14-37/h17-18,20,22,27-28,31-34,36-38,40,42-44,50-52,55H,4-16,19,21,23-26,29-30H2,1-3H3,(H2,48,49)(H,53,54). The minimum absolute atomic E-state index is 0.0119. The number of nitrogens with two attached hydrogens (primary N) is 1. The zero-order valence-electron chi connectivity index (χ0n) is 34.4. The molecule has 2 fully saturated rings. The third-order valence-corrected chi connectivity index (χ3v) is 14.2. The maximum Gasteiger partial charge on any atom is 0.309 e. The number of nitrogens with one attached hydrogen (secondary N) is 1. The van der Waals surface area contributed by atoms with Gasteiger partial charge in [0.05, 0.1) is 23.7 Å². The lowest BCUT2D eigenvalue weighted by Crippen LogP contribution is -2.37. The first-order chi connectivity index (χ1) is 26.4. The number of rotatable bonds is 23. The number of hydrogen-bond acceptors (Lipinski definition) is 6. The highest BCUT2D eigenvalue weighted by Crippen LogP contribution is 2.46. The van der Waals surface area contributed by atoms with Gasteiger partial charge in [0.25, 0.3) is 0 Å². The number of anilines is 1. The van der Waals surface area contributed by atoms with E-state index in [1.54, 1.807) is 6.20 Å². The van der Waals surface area contributed by atoms with Crippen molar-refractivity contribution in [3.8, 4) is 0 Å². The van der Waals surface area contributed by atoms with E-state index in [2.05, 4.69) is 55.2 Å². The van der Waals surface area contributed by atoms with E-state index in [0.29, 0.717) is 36.9 Å². The van der Waals surface area contributed by atoms with Crippen molar-refractivity contribution in [3.05, 3.63) is 59.6 Å². The van der Waals surface area contributed by atoms with Crippen LogP contribution < -0.4 is 5.73 Å². The summed E-state index contributed by atoms with van der Waals surface area (Å²) in [4.78, 5) is 20.1. The largest absolute Gasteiger partial charge is 0.481 e. The minimum atomic E-state index is -1.02. The predicted molar refractivity (Wildman–Crippen MR) is 223 cm³/mol. The second-order valence-electron chi connectivity index (χ2n) is 18.5. The Morgan fingerprint density at radius 3 is 2.53 bits per heavy atom. The van der Waals surface area contributed by atoms with Gasteiger partial charge in [-0.05, 0) is 135 Å². The van der Waals surface area contributed by atoms with Crippen molar-refractivity contribution in [1.29, 1.82) is 0 Å². The fraction of sp³-hybridized carbons (Fsp3) is 0.745. The molecule has 2 aromatic rings. The van der Waals surface area contributed by atoms with Crippen molar-refractivity contribution in [1.82, 2.24) is 9.97 Å². The summed E-state index contributed by atoms with van der Waals surface area (Å²) in [7, 11) is 0. The summed E-state index contributed by atoms with van der Waals surface area (Å²) in [5.41, 5.74) is 8.58. The molecule has 7 N–H and O–H groups in total. The van der Waals surface area contributed by atoms with Gasteiger partial charge in [0.1, 0.15) is 5.82 Å². The van der Waals surface area contributed by atoms with Gasteiger partial charge in [0, 0.05) is 24.0 Å². The van der Waals surface area contributed by atoms with Crippen LogP contribution >= 0.6 is 0 Å². The molecule has 0 radical (unpaired) electrons. The molecule has 3 aliphatic carbocycles. The number of nitrogen functional groups attached to an aromatic ring is 1. The third kappa shape index (κ3) is 12.9. The van der Waals surface area contributed by atoms with Crippen molar-refractivity contribution >= 4 is 11.8 Å². The smallest absolute Gasteiger partial charge is 0.309 e. The monoisotopic (exact) mass is 762 g/mol. The first-order valence-corrected chi connectivity index (χ1v) is 22.3. The molecule has 2 saturated carbocycles. The Morgan fingerprint density at radius 2 is 1.80 bits per heavy atom. The highest BCUT2D eigenvalue weighted by atomic mass is 16.4. The van der Waals surface area contributed by atoms with Crippen LogP contribution in [0.4, 0.5) is 5.82 Å². The van der Waals surface area contributed by atoms with Gasteiger partial charge in [-0.25, -0.2) is 4.98 Å². The lowest BCUT2D eigenvalue weighted by Gasteiger charge is -2.32. The Bertz CT molecular complexity index is 1470. The van der Waals surface area contributed by atoms with Crippen LogP contribution in [0.25, 0.3) is 0 Å². The molecule has 10 atom stereocenters. The summed E-state index contributed by atoms with van der Waals surface area (Å²) in [6, 6.07) is 6.21. The number of hydrogen-bond donors (Lipinski definition) is 6. The normalized spacial score (nSPS) is 28.0. The van der Waals surface area contributed by atoms with E-state index < -0.39 is 23.6 Å². The van der Waals surface area contributed by atoms with Crippen molar-refractivity contribution in [2.24, 2.45) is 41.4 Å². The number of aliphatic hydroxyl groups excluding tert-OH is 2. The molecule has 0 bridgehead atoms. The van der Waals surface area contributed by atoms with Crippen LogP contribution in [0.15, 0.2) is 42.7 Å². The van der Waals surface area contributed by atoms with Gasteiger partial charge in [-0.15, -0.1) is 0 Å². The number of H-pyrrole nitrogens is 1. The van der Waals surface area contributed by atoms with Crippen LogP contribution in [0.5, 0.6) is 0 Å². The molecule has 0 aromatic carbocycles. The van der Waals surface area contributed by atoms with Gasteiger partial charge in [0.2, 0.25) is 0 Å². The van der Waals surface area contributed by atoms with Crippen molar-refractivity contribution in [2.75, 3.05) is 5.73 Å². The summed E-state index contributed by atoms with van der Waals surface area (Å²) >= 11 is 0. The summed E-state index contributed by atoms with van der Waals surface area (Å²) in [6.07, 6.45) is 26.9. The molecule has 0 spiro atoms. The lowest BCUT2D eigenvalue weighted by atomic mass is 9.80. The third-order valence-electron chi connectivity index (χ3n) is 14.2. The summed E-state index contributed by atoms with van der Waals surface area (Å²) in [5, 5.41) is 44.6. The van der Waals surface area contributed by atoms with Crippen LogP contribution in [-0.4, -0.2) is 54.2 Å². The van der Waals surface area contributed by atoms with E-state index in [1.807, 2.05) is 12.1 Å². The lowest BCUT2D eigenvalue weighted by molar-refractivity contribution is -0.146. The molecule has 0 aliphatic heterocycles. The van der Waals surface area contributed by atoms with E-state index >= 15 is 0 Å². The van der Waals surface area contributed by atoms with Crippen molar-refractivity contribution in [3.63, 3.8) is 0 Å². The summed E-state index contributed by atoms with van der Waals surface area (Å²) < 4.78 is 0. The Hall–Kier alpha value is -2.68. The van der Waals surface area contributed by atoms with Crippen LogP contribution in [0.3, 0.4) is 0 Å². The van der Waals surface area contributed by atoms with Crippen LogP contribution in [0.1, 0.15) is 166 Å². The van der Waals surface area contributed by atoms with E-state index in [1.165, 1.54) is 56.9 Å². The van der Waals surface area contributed by atoms with Crippen molar-refractivity contribution in [2.45, 2.75) is 179 Å². The zero-order chi connectivity index (χ0) is 39.4. The van der Waals surface area contributed by atoms with Crippen LogP contribution in [-0.2, 0) is 17.6 Å². The SMILES string of the molecule is CCCCCC1C=CC(CCCCCC(C(=O)O)C(O)CCC2(O)CC(Cc3ccnc(N)c3)CC2Cc2cc(C(C)CC(C)C3CCCC3)c[nH]2)C(O)C1. The van der Waals surface area contributed by atoms with E-state index in [-0.39, 0.29) is 30.3 Å². The van der Waals surface area contributed by atoms with E-state index in [0.717, 1.165) is 80.9 Å². The molecular weight excluding hydrogens is 687 g/mol. The second-order valence-corrected chi connectivity index (χ2v) is 18.5. The number of nitrogens with zero attached hydrogens (tertiary/aromatic N) is 1. The van der Waals surface area contributed by atoms with Crippen molar-refractivity contribution < 1.29 is 25.2 Å². The molecule has 2 aromatic heterocycles. The average Bonchev–Trinajstić information content (AvgIpc) is 3.92. The molecule has 0 amide bonds. The number of aliphatic carboxylic acids is 1. The van der Waals surface area contributed by atoms with E-state index in [9.17, 15) is 25.2 Å². The second kappa shape index (κ2) is 21.2. The van der Waals surface area contributed by atoms with Gasteiger partial charge in [-0.3, -0.25) is 4.79 Å². The number of allylic oxidation sites excluding steroid dienone is 1. The Morgan fingerprint density at radius 1 is 1.02 bits per heavy atom. The molecular formula is C47H75N3O5. The molecule has 55 heavy (non-hydrogen) atoms. The number of unbranched alkanes of at least 4 members (excludes halogenated alkanes) is 4. The van der Waals surface area contributed by atoms with Crippen LogP contribution in [0, 0.1) is 41.4 Å². The number of pyridine rings is 1. The number of carboxylic acids is 1. The fourth-order valence-corrected chi connectivity index (χ4v) is 10.8. The maximum absolute atomic E-state index is 12.4. The minimum Gasteiger partial charge on any atom is -0.481 e. The molecule has 308 valence electrons. The number of aromatic amines is 1. The fourth-order valence-electron chi connectivity index (χ4n) is 10.8. The molecule has 8 nitrogen and oxygen atoms in total. The zero-order valence-corrected chi connectivity index (χ0v) is 34.4. The number of aliphatic hydroxyl groups is 3. The van der Waals surface area contributed by atoms with Gasteiger partial charge in [0.15, 0.2) is 0 Å². The average molecular weight is 762 g/mol. The first-order valence-electron chi connectivity index (χ1n) is 22.3. The highest BCUT2D eigenvalue weighted by Gasteiger charge is 2.46. The van der Waals surface area contributed by atoms with Gasteiger partial charge >= 0.3 is 5.97 Å². The van der Waals surface area contributed by atoms with E-state index in [4.69, 9.17) is 5.73 Å². The Balaban J connectivity index is 1.14. The molecule has 0 saturated heterocycles. The van der Waals surface area contributed by atoms with Crippen LogP contribution in [0.2, 0.25) is 0 Å². The summed E-state index contributed by atoms with van der Waals surface area (Å²) in [5.74, 6) is 1.61.